The smallest absolute Gasteiger partial charge is 0.497 e. The van der Waals surface area contributed by atoms with Gasteiger partial charge in [0, 0.05) is 18.2 Å². The second-order valence-electron chi connectivity index (χ2n) is 6.67. The summed E-state index contributed by atoms with van der Waals surface area (Å²) >= 11 is 0. The van der Waals surface area contributed by atoms with E-state index in [0.717, 1.165) is 17.7 Å². The van der Waals surface area contributed by atoms with Crippen molar-refractivity contribution in [2.75, 3.05) is 12.4 Å². The number of carbonyl (C=O) groups is 2. The van der Waals surface area contributed by atoms with Gasteiger partial charge in [0.25, 0.3) is 11.8 Å². The number of rotatable bonds is 6. The molecule has 0 radical (unpaired) electrons. The molecule has 8 nitrogen and oxygen atoms in total. The first-order valence-corrected chi connectivity index (χ1v) is 9.04. The molecule has 0 saturated heterocycles. The van der Waals surface area contributed by atoms with Crippen LogP contribution in [-0.4, -0.2) is 34.1 Å². The quantitative estimate of drug-likeness (QED) is 0.553. The lowest BCUT2D eigenvalue weighted by Crippen LogP contribution is -2.17. The molecule has 0 bridgehead atoms. The third kappa shape index (κ3) is 4.80. The summed E-state index contributed by atoms with van der Waals surface area (Å²) in [5.41, 5.74) is 0.292. The molecule has 0 saturated carbocycles. The summed E-state index contributed by atoms with van der Waals surface area (Å²) in [6, 6.07) is 11.7. The molecule has 3 rings (SSSR count). The third-order valence-electron chi connectivity index (χ3n) is 4.37. The van der Waals surface area contributed by atoms with Crippen molar-refractivity contribution in [1.29, 1.82) is 0 Å². The van der Waals surface area contributed by atoms with Crippen molar-refractivity contribution in [3.8, 4) is 17.3 Å². The molecular weight excluding hydrogens is 412 g/mol. The predicted octanol–water partition coefficient (Wildman–Crippen LogP) is 4.61. The molecule has 1 amide bonds. The number of benzene rings is 2. The van der Waals surface area contributed by atoms with Crippen molar-refractivity contribution in [1.82, 2.24) is 9.78 Å². The van der Waals surface area contributed by atoms with Crippen LogP contribution in [0.4, 0.5) is 19.3 Å². The first-order chi connectivity index (χ1) is 14.6. The first-order valence-electron chi connectivity index (χ1n) is 9.04. The number of carboxylic acid groups (broad SMARTS) is 1. The summed E-state index contributed by atoms with van der Waals surface area (Å²) in [6.07, 6.45) is -1.64. The summed E-state index contributed by atoms with van der Waals surface area (Å²) in [7, 11) is 1.50. The van der Waals surface area contributed by atoms with Gasteiger partial charge in [0.1, 0.15) is 11.3 Å². The van der Waals surface area contributed by atoms with E-state index in [9.17, 15) is 18.4 Å². The zero-order valence-electron chi connectivity index (χ0n) is 16.8. The zero-order valence-corrected chi connectivity index (χ0v) is 16.8. The maximum atomic E-state index is 13.6. The molecule has 31 heavy (non-hydrogen) atoms. The second-order valence-corrected chi connectivity index (χ2v) is 6.67. The fourth-order valence-corrected chi connectivity index (χ4v) is 2.91. The molecule has 1 aromatic heterocycles. The molecule has 3 aromatic rings. The number of amides is 1. The Hall–Kier alpha value is -3.95. The van der Waals surface area contributed by atoms with Gasteiger partial charge in [-0.3, -0.25) is 4.79 Å². The lowest BCUT2D eigenvalue weighted by atomic mass is 10.1. The van der Waals surface area contributed by atoms with Gasteiger partial charge in [-0.25, -0.2) is 13.6 Å². The van der Waals surface area contributed by atoms with Gasteiger partial charge in [0.2, 0.25) is 5.88 Å². The Labute approximate surface area is 176 Å². The highest BCUT2D eigenvalue weighted by molar-refractivity contribution is 6.07. The summed E-state index contributed by atoms with van der Waals surface area (Å²) in [5, 5.41) is 15.9. The summed E-state index contributed by atoms with van der Waals surface area (Å²) in [5.74, 6) is -3.61. The van der Waals surface area contributed by atoms with Crippen LogP contribution in [0.1, 0.15) is 28.5 Å². The van der Waals surface area contributed by atoms with Crippen molar-refractivity contribution in [3.05, 3.63) is 65.4 Å². The number of halogens is 2. The normalized spacial score (nSPS) is 11.1. The summed E-state index contributed by atoms with van der Waals surface area (Å²) in [6.45, 7) is 2.25. The summed E-state index contributed by atoms with van der Waals surface area (Å²) < 4.78 is 38.3. The average Bonchev–Trinajstić information content (AvgIpc) is 3.03. The highest BCUT2D eigenvalue weighted by Crippen LogP contribution is 2.31. The summed E-state index contributed by atoms with van der Waals surface area (Å²) in [4.78, 5) is 24.2. The number of hydrogen-bond acceptors (Lipinski definition) is 5. The number of anilines is 1. The molecule has 162 valence electrons. The maximum Gasteiger partial charge on any atom is 0.512 e. The lowest BCUT2D eigenvalue weighted by molar-refractivity contribution is 0.0175. The van der Waals surface area contributed by atoms with Gasteiger partial charge >= 0.3 is 6.16 Å². The fraction of sp³-hybridized carbons (Fsp3) is 0.190. The van der Waals surface area contributed by atoms with E-state index >= 15 is 0 Å². The monoisotopic (exact) mass is 431 g/mol. The largest absolute Gasteiger partial charge is 0.512 e. The Kier molecular flexibility index (Phi) is 5.91. The molecule has 2 aromatic carbocycles. The molecule has 0 atom stereocenters. The van der Waals surface area contributed by atoms with Gasteiger partial charge in [0.05, 0.1) is 18.5 Å². The van der Waals surface area contributed by atoms with Crippen molar-refractivity contribution >= 4 is 17.7 Å². The fourth-order valence-electron chi connectivity index (χ4n) is 2.91. The van der Waals surface area contributed by atoms with Gasteiger partial charge in [-0.2, -0.15) is 9.78 Å². The van der Waals surface area contributed by atoms with Crippen LogP contribution >= 0.6 is 0 Å². The molecular formula is C21H19F2N3O5. The van der Waals surface area contributed by atoms with Gasteiger partial charge < -0.3 is 19.9 Å². The average molecular weight is 431 g/mol. The molecule has 0 fully saturated rings. The minimum Gasteiger partial charge on any atom is -0.497 e. The molecule has 0 aliphatic carbocycles. The van der Waals surface area contributed by atoms with Crippen molar-refractivity contribution in [2.24, 2.45) is 0 Å². The SMILES string of the molecule is COc1ccc(-n2nc(C)c(C(=O)Nc3cccc(C(C)(F)F)c3)c2OC(=O)O)cc1. The van der Waals surface area contributed by atoms with Gasteiger partial charge in [0.15, 0.2) is 0 Å². The van der Waals surface area contributed by atoms with E-state index in [1.165, 1.54) is 32.2 Å². The Morgan fingerprint density at radius 1 is 1.16 bits per heavy atom. The number of nitrogens with zero attached hydrogens (tertiary/aromatic N) is 2. The number of carbonyl (C=O) groups excluding carboxylic acids is 1. The van der Waals surface area contributed by atoms with E-state index < -0.39 is 18.0 Å². The number of aromatic nitrogens is 2. The lowest BCUT2D eigenvalue weighted by Gasteiger charge is -2.13. The van der Waals surface area contributed by atoms with Crippen LogP contribution in [0.25, 0.3) is 5.69 Å². The molecule has 0 spiro atoms. The van der Waals surface area contributed by atoms with Gasteiger partial charge in [-0.1, -0.05) is 12.1 Å². The highest BCUT2D eigenvalue weighted by Gasteiger charge is 2.27. The Bertz CT molecular complexity index is 1120. The van der Waals surface area contributed by atoms with Crippen LogP contribution in [0.3, 0.4) is 0 Å². The van der Waals surface area contributed by atoms with Gasteiger partial charge in [-0.05, 0) is 43.3 Å². The molecule has 2 N–H and O–H groups in total. The Morgan fingerprint density at radius 3 is 2.42 bits per heavy atom. The van der Waals surface area contributed by atoms with Crippen LogP contribution in [0.15, 0.2) is 48.5 Å². The Balaban J connectivity index is 2.01. The predicted molar refractivity (Wildman–Crippen MR) is 107 cm³/mol. The first kappa shape index (κ1) is 21.8. The van der Waals surface area contributed by atoms with E-state index in [1.54, 1.807) is 24.3 Å². The van der Waals surface area contributed by atoms with E-state index in [-0.39, 0.29) is 28.4 Å². The van der Waals surface area contributed by atoms with Gasteiger partial charge in [-0.15, -0.1) is 0 Å². The second kappa shape index (κ2) is 8.42. The van der Waals surface area contributed by atoms with E-state index in [2.05, 4.69) is 10.4 Å². The number of alkyl halides is 2. The van der Waals surface area contributed by atoms with Crippen molar-refractivity contribution < 1.29 is 33.0 Å². The zero-order chi connectivity index (χ0) is 22.8. The van der Waals surface area contributed by atoms with Crippen LogP contribution in [0.5, 0.6) is 11.6 Å². The molecule has 10 heteroatoms. The van der Waals surface area contributed by atoms with Crippen molar-refractivity contribution in [3.63, 3.8) is 0 Å². The maximum absolute atomic E-state index is 13.6. The molecule has 0 aliphatic rings. The van der Waals surface area contributed by atoms with Crippen LogP contribution < -0.4 is 14.8 Å². The van der Waals surface area contributed by atoms with E-state index in [1.807, 2.05) is 0 Å². The van der Waals surface area contributed by atoms with Crippen LogP contribution in [-0.2, 0) is 5.92 Å². The van der Waals surface area contributed by atoms with E-state index in [0.29, 0.717) is 11.4 Å². The number of aryl methyl sites for hydroxylation is 1. The van der Waals surface area contributed by atoms with E-state index in [4.69, 9.17) is 14.6 Å². The van der Waals surface area contributed by atoms with Crippen LogP contribution in [0, 0.1) is 6.92 Å². The molecule has 0 aliphatic heterocycles. The standard InChI is InChI=1S/C21H19F2N3O5/c1-12-17(18(27)24-14-6-4-5-13(11-14)21(2,22)23)19(31-20(28)29)26(25-12)15-7-9-16(30-3)10-8-15/h4-11H,1-3H3,(H,24,27)(H,28,29). The number of nitrogens with one attached hydrogen (secondary N) is 1. The Morgan fingerprint density at radius 2 is 1.84 bits per heavy atom. The number of ether oxygens (including phenoxy) is 2. The third-order valence-corrected chi connectivity index (χ3v) is 4.37. The number of hydrogen-bond donors (Lipinski definition) is 2. The minimum atomic E-state index is -3.09. The molecule has 1 heterocycles. The topological polar surface area (TPSA) is 103 Å². The van der Waals surface area contributed by atoms with Crippen LogP contribution in [0.2, 0.25) is 0 Å². The minimum absolute atomic E-state index is 0.113. The highest BCUT2D eigenvalue weighted by atomic mass is 19.3. The number of methoxy groups -OCH3 is 1. The van der Waals surface area contributed by atoms with Crippen molar-refractivity contribution in [2.45, 2.75) is 19.8 Å². The molecule has 0 unspecified atom stereocenters.